The summed E-state index contributed by atoms with van der Waals surface area (Å²) in [7, 11) is 0. The lowest BCUT2D eigenvalue weighted by molar-refractivity contribution is 0.0820. The van der Waals surface area contributed by atoms with Crippen LogP contribution in [0.5, 0.6) is 0 Å². The van der Waals surface area contributed by atoms with E-state index in [4.69, 9.17) is 4.42 Å². The molecule has 2 N–H and O–H groups in total. The fourth-order valence-corrected chi connectivity index (χ4v) is 2.93. The Morgan fingerprint density at radius 2 is 2.19 bits per heavy atom. The van der Waals surface area contributed by atoms with Crippen LogP contribution in [0, 0.1) is 11.7 Å². The molecule has 1 aliphatic carbocycles. The second-order valence-corrected chi connectivity index (χ2v) is 5.59. The highest BCUT2D eigenvalue weighted by Crippen LogP contribution is 2.27. The van der Waals surface area contributed by atoms with E-state index in [1.165, 1.54) is 12.1 Å². The number of halogens is 1. The van der Waals surface area contributed by atoms with E-state index >= 15 is 0 Å². The molecule has 0 radical (unpaired) electrons. The molecule has 0 aliphatic heterocycles. The molecule has 1 fully saturated rings. The molecule has 3 rings (SSSR count). The number of amides is 1. The highest BCUT2D eigenvalue weighted by Gasteiger charge is 2.24. The summed E-state index contributed by atoms with van der Waals surface area (Å²) < 4.78 is 18.8. The van der Waals surface area contributed by atoms with Crippen molar-refractivity contribution in [2.24, 2.45) is 5.92 Å². The molecule has 1 amide bonds. The average Bonchev–Trinajstić information content (AvgIpc) is 3.13. The van der Waals surface area contributed by atoms with Gasteiger partial charge in [0.2, 0.25) is 0 Å². The first-order valence-electron chi connectivity index (χ1n) is 7.29. The van der Waals surface area contributed by atoms with Crippen molar-refractivity contribution in [3.63, 3.8) is 0 Å². The summed E-state index contributed by atoms with van der Waals surface area (Å²) in [6.45, 7) is 0.197. The predicted octanol–water partition coefficient (Wildman–Crippen LogP) is 2.85. The van der Waals surface area contributed by atoms with Gasteiger partial charge in [0.1, 0.15) is 0 Å². The Hall–Kier alpha value is -1.88. The molecular weight excluding hydrogens is 273 g/mol. The molecule has 112 valence electrons. The van der Waals surface area contributed by atoms with Crippen LogP contribution in [0.1, 0.15) is 36.2 Å². The van der Waals surface area contributed by atoms with Crippen LogP contribution in [0.3, 0.4) is 0 Å². The zero-order valence-corrected chi connectivity index (χ0v) is 11.6. The third kappa shape index (κ3) is 2.93. The van der Waals surface area contributed by atoms with Crippen molar-refractivity contribution in [3.05, 3.63) is 35.8 Å². The van der Waals surface area contributed by atoms with Crippen LogP contribution in [-0.2, 0) is 0 Å². The van der Waals surface area contributed by atoms with E-state index < -0.39 is 17.8 Å². The summed E-state index contributed by atoms with van der Waals surface area (Å²) in [4.78, 5) is 12.0. The minimum atomic E-state index is -0.530. The van der Waals surface area contributed by atoms with Gasteiger partial charge in [-0.2, -0.15) is 0 Å². The second-order valence-electron chi connectivity index (χ2n) is 5.59. The topological polar surface area (TPSA) is 62.5 Å². The zero-order valence-electron chi connectivity index (χ0n) is 11.6. The number of hydrogen-bond donors (Lipinski definition) is 2. The molecule has 0 bridgehead atoms. The largest absolute Gasteiger partial charge is 0.448 e. The number of aliphatic hydroxyl groups excluding tert-OH is 1. The zero-order chi connectivity index (χ0) is 14.8. The molecule has 1 aromatic heterocycles. The molecule has 1 unspecified atom stereocenters. The van der Waals surface area contributed by atoms with Crippen molar-refractivity contribution >= 4 is 16.9 Å². The van der Waals surface area contributed by atoms with Gasteiger partial charge in [-0.3, -0.25) is 4.79 Å². The van der Waals surface area contributed by atoms with Gasteiger partial charge in [-0.15, -0.1) is 0 Å². The number of para-hydroxylation sites is 1. The Bertz CT molecular complexity index is 646. The molecule has 5 heteroatoms. The summed E-state index contributed by atoms with van der Waals surface area (Å²) in [5.41, 5.74) is 0.0824. The van der Waals surface area contributed by atoms with Crippen molar-refractivity contribution in [1.29, 1.82) is 0 Å². The molecule has 2 aromatic rings. The monoisotopic (exact) mass is 291 g/mol. The Morgan fingerprint density at radius 1 is 1.43 bits per heavy atom. The van der Waals surface area contributed by atoms with Crippen molar-refractivity contribution in [1.82, 2.24) is 5.32 Å². The van der Waals surface area contributed by atoms with Gasteiger partial charge >= 0.3 is 0 Å². The van der Waals surface area contributed by atoms with Crippen LogP contribution >= 0.6 is 0 Å². The first-order chi connectivity index (χ1) is 10.1. The summed E-state index contributed by atoms with van der Waals surface area (Å²) >= 11 is 0. The number of benzene rings is 1. The lowest BCUT2D eigenvalue weighted by atomic mass is 10.0. The van der Waals surface area contributed by atoms with Gasteiger partial charge in [-0.25, -0.2) is 4.39 Å². The number of fused-ring (bicyclic) bond motifs is 1. The Balaban J connectivity index is 1.65. The minimum absolute atomic E-state index is 0.0636. The SMILES string of the molecule is O=C(NCC(O)C1CCCC1)c1cc2cccc(F)c2o1. The van der Waals surface area contributed by atoms with Gasteiger partial charge in [0.15, 0.2) is 17.2 Å². The average molecular weight is 291 g/mol. The molecule has 1 aliphatic rings. The quantitative estimate of drug-likeness (QED) is 0.910. The molecule has 1 saturated carbocycles. The van der Waals surface area contributed by atoms with E-state index in [-0.39, 0.29) is 23.8 Å². The van der Waals surface area contributed by atoms with Crippen molar-refractivity contribution in [2.75, 3.05) is 6.54 Å². The number of furan rings is 1. The fraction of sp³-hybridized carbons (Fsp3) is 0.438. The van der Waals surface area contributed by atoms with E-state index in [1.807, 2.05) is 0 Å². The number of carbonyl (C=O) groups excluding carboxylic acids is 1. The summed E-state index contributed by atoms with van der Waals surface area (Å²) in [6, 6.07) is 6.05. The summed E-state index contributed by atoms with van der Waals surface area (Å²) in [5.74, 6) is -0.590. The van der Waals surface area contributed by atoms with E-state index in [0.717, 1.165) is 25.7 Å². The minimum Gasteiger partial charge on any atom is -0.448 e. The number of rotatable bonds is 4. The molecule has 1 heterocycles. The Kier molecular flexibility index (Phi) is 3.92. The molecule has 1 atom stereocenters. The predicted molar refractivity (Wildman–Crippen MR) is 76.5 cm³/mol. The standard InChI is InChI=1S/C16H18FNO3/c17-12-7-3-6-11-8-14(21-15(11)12)16(20)18-9-13(19)10-4-1-2-5-10/h3,6-8,10,13,19H,1-2,4-5,9H2,(H,18,20). The van der Waals surface area contributed by atoms with Crippen LogP contribution in [0.15, 0.2) is 28.7 Å². The molecule has 4 nitrogen and oxygen atoms in total. The van der Waals surface area contributed by atoms with E-state index in [1.54, 1.807) is 12.1 Å². The summed E-state index contributed by atoms with van der Waals surface area (Å²) in [5, 5.41) is 13.2. The molecular formula is C16H18FNO3. The van der Waals surface area contributed by atoms with Crippen molar-refractivity contribution in [2.45, 2.75) is 31.8 Å². The molecule has 0 saturated heterocycles. The van der Waals surface area contributed by atoms with Crippen LogP contribution in [-0.4, -0.2) is 23.7 Å². The first-order valence-corrected chi connectivity index (χ1v) is 7.29. The highest BCUT2D eigenvalue weighted by atomic mass is 19.1. The van der Waals surface area contributed by atoms with Crippen LogP contribution in [0.4, 0.5) is 4.39 Å². The van der Waals surface area contributed by atoms with Gasteiger partial charge < -0.3 is 14.8 Å². The van der Waals surface area contributed by atoms with Crippen LogP contribution in [0.25, 0.3) is 11.0 Å². The van der Waals surface area contributed by atoms with Crippen molar-refractivity contribution < 1.29 is 18.7 Å². The van der Waals surface area contributed by atoms with Gasteiger partial charge in [-0.05, 0) is 30.9 Å². The van der Waals surface area contributed by atoms with Crippen LogP contribution in [0.2, 0.25) is 0 Å². The van der Waals surface area contributed by atoms with E-state index in [0.29, 0.717) is 5.39 Å². The number of nitrogens with one attached hydrogen (secondary N) is 1. The molecule has 21 heavy (non-hydrogen) atoms. The third-order valence-electron chi connectivity index (χ3n) is 4.14. The Labute approximate surface area is 121 Å². The van der Waals surface area contributed by atoms with Crippen LogP contribution < -0.4 is 5.32 Å². The number of hydrogen-bond acceptors (Lipinski definition) is 3. The van der Waals surface area contributed by atoms with Crippen molar-refractivity contribution in [3.8, 4) is 0 Å². The molecule has 1 aromatic carbocycles. The van der Waals surface area contributed by atoms with E-state index in [9.17, 15) is 14.3 Å². The maximum absolute atomic E-state index is 13.5. The van der Waals surface area contributed by atoms with Gasteiger partial charge in [0.25, 0.3) is 5.91 Å². The maximum atomic E-state index is 13.5. The second kappa shape index (κ2) is 5.85. The Morgan fingerprint density at radius 3 is 2.90 bits per heavy atom. The van der Waals surface area contributed by atoms with Gasteiger partial charge in [0.05, 0.1) is 6.10 Å². The number of carbonyl (C=O) groups is 1. The maximum Gasteiger partial charge on any atom is 0.287 e. The first kappa shape index (κ1) is 14.1. The summed E-state index contributed by atoms with van der Waals surface area (Å²) in [6.07, 6.45) is 3.76. The fourth-order valence-electron chi connectivity index (χ4n) is 2.93. The lowest BCUT2D eigenvalue weighted by Gasteiger charge is -2.17. The van der Waals surface area contributed by atoms with Gasteiger partial charge in [-0.1, -0.05) is 25.0 Å². The number of aliphatic hydroxyl groups is 1. The lowest BCUT2D eigenvalue weighted by Crippen LogP contribution is -2.35. The van der Waals surface area contributed by atoms with E-state index in [2.05, 4.69) is 5.32 Å². The third-order valence-corrected chi connectivity index (χ3v) is 4.14. The van der Waals surface area contributed by atoms with Gasteiger partial charge in [0, 0.05) is 11.9 Å². The normalized spacial score (nSPS) is 17.2. The smallest absolute Gasteiger partial charge is 0.287 e. The highest BCUT2D eigenvalue weighted by molar-refractivity contribution is 5.96. The molecule has 0 spiro atoms.